The molecule has 3 aromatic rings. The number of amides is 2. The van der Waals surface area contributed by atoms with Crippen LogP contribution in [0.15, 0.2) is 83.8 Å². The summed E-state index contributed by atoms with van der Waals surface area (Å²) in [6.45, 7) is 1.42. The zero-order valence-electron chi connectivity index (χ0n) is 18.8. The van der Waals surface area contributed by atoms with E-state index in [1.165, 1.54) is 28.6 Å². The van der Waals surface area contributed by atoms with Gasteiger partial charge in [-0.3, -0.25) is 20.4 Å². The van der Waals surface area contributed by atoms with Gasteiger partial charge in [-0.2, -0.15) is 4.31 Å². The first-order chi connectivity index (χ1) is 16.9. The average Bonchev–Trinajstić information content (AvgIpc) is 2.91. The maximum Gasteiger partial charge on any atom is 0.273 e. The fourth-order valence-electron chi connectivity index (χ4n) is 3.50. The third kappa shape index (κ3) is 6.04. The zero-order chi connectivity index (χ0) is 24.7. The van der Waals surface area contributed by atoms with E-state index in [9.17, 15) is 18.0 Å². The number of morpholine rings is 1. The lowest BCUT2D eigenvalue weighted by molar-refractivity contribution is 0.0730. The van der Waals surface area contributed by atoms with Crippen LogP contribution < -0.4 is 15.6 Å². The summed E-state index contributed by atoms with van der Waals surface area (Å²) in [5.74, 6) is -0.860. The Labute approximate surface area is 203 Å². The topological polar surface area (TPSA) is 114 Å². The largest absolute Gasteiger partial charge is 0.488 e. The minimum absolute atomic E-state index is 0.00182. The van der Waals surface area contributed by atoms with Crippen molar-refractivity contribution in [1.82, 2.24) is 15.2 Å². The molecule has 1 heterocycles. The number of nitrogens with zero attached hydrogens (tertiary/aromatic N) is 1. The fourth-order valence-corrected chi connectivity index (χ4v) is 4.96. The molecule has 9 nitrogen and oxygen atoms in total. The van der Waals surface area contributed by atoms with Crippen molar-refractivity contribution in [3.8, 4) is 5.75 Å². The van der Waals surface area contributed by atoms with Crippen molar-refractivity contribution in [2.24, 2.45) is 0 Å². The molecule has 0 bridgehead atoms. The highest BCUT2D eigenvalue weighted by Crippen LogP contribution is 2.20. The van der Waals surface area contributed by atoms with Gasteiger partial charge in [0.05, 0.1) is 23.7 Å². The lowest BCUT2D eigenvalue weighted by Gasteiger charge is -2.26. The Hall–Kier alpha value is -3.73. The predicted molar refractivity (Wildman–Crippen MR) is 128 cm³/mol. The van der Waals surface area contributed by atoms with Crippen LogP contribution in [-0.4, -0.2) is 50.8 Å². The smallest absolute Gasteiger partial charge is 0.273 e. The van der Waals surface area contributed by atoms with E-state index in [1.807, 2.05) is 30.3 Å². The lowest BCUT2D eigenvalue weighted by atomic mass is 10.2. The van der Waals surface area contributed by atoms with E-state index in [2.05, 4.69) is 10.9 Å². The van der Waals surface area contributed by atoms with E-state index in [-0.39, 0.29) is 35.7 Å². The van der Waals surface area contributed by atoms with Crippen LogP contribution in [0.1, 0.15) is 26.3 Å². The number of carbonyl (C=O) groups is 2. The fraction of sp³-hybridized carbons (Fsp3) is 0.200. The summed E-state index contributed by atoms with van der Waals surface area (Å²) in [5.41, 5.74) is 5.98. The summed E-state index contributed by atoms with van der Waals surface area (Å²) < 4.78 is 38.1. The Bertz CT molecular complexity index is 1290. The van der Waals surface area contributed by atoms with Gasteiger partial charge in [-0.25, -0.2) is 8.42 Å². The molecule has 35 heavy (non-hydrogen) atoms. The van der Waals surface area contributed by atoms with Crippen molar-refractivity contribution in [1.29, 1.82) is 0 Å². The van der Waals surface area contributed by atoms with E-state index in [0.717, 1.165) is 5.56 Å². The van der Waals surface area contributed by atoms with Gasteiger partial charge in [-0.05, 0) is 35.9 Å². The molecular formula is C25H25N3O6S. The lowest BCUT2D eigenvalue weighted by Crippen LogP contribution is -2.42. The molecule has 1 aliphatic rings. The maximum atomic E-state index is 12.9. The van der Waals surface area contributed by atoms with Crippen LogP contribution in [0.2, 0.25) is 0 Å². The van der Waals surface area contributed by atoms with Crippen molar-refractivity contribution >= 4 is 21.8 Å². The summed E-state index contributed by atoms with van der Waals surface area (Å²) in [5, 5.41) is 0. The number of benzene rings is 3. The Kier molecular flexibility index (Phi) is 7.76. The number of nitrogens with one attached hydrogen (secondary N) is 2. The van der Waals surface area contributed by atoms with Gasteiger partial charge in [0, 0.05) is 18.7 Å². The SMILES string of the molecule is O=C(NNC(=O)c1ccccc1OCc1ccccc1)c1cccc(S(=O)(=O)N2CCOCC2)c1. The van der Waals surface area contributed by atoms with Gasteiger partial charge in [0.15, 0.2) is 0 Å². The highest BCUT2D eigenvalue weighted by Gasteiger charge is 2.27. The molecule has 1 fully saturated rings. The predicted octanol–water partition coefficient (Wildman–Crippen LogP) is 2.36. The molecule has 3 aromatic carbocycles. The molecule has 1 aliphatic heterocycles. The summed E-state index contributed by atoms with van der Waals surface area (Å²) >= 11 is 0. The number of sulfonamides is 1. The first-order valence-corrected chi connectivity index (χ1v) is 12.4. The molecule has 1 saturated heterocycles. The van der Waals surface area contributed by atoms with Crippen molar-refractivity contribution in [3.05, 3.63) is 95.6 Å². The normalized spacial score (nSPS) is 14.2. The van der Waals surface area contributed by atoms with Gasteiger partial charge in [0.2, 0.25) is 10.0 Å². The maximum absolute atomic E-state index is 12.9. The van der Waals surface area contributed by atoms with Crippen molar-refractivity contribution in [2.45, 2.75) is 11.5 Å². The third-order valence-electron chi connectivity index (χ3n) is 5.36. The summed E-state index contributed by atoms with van der Waals surface area (Å²) in [6, 6.07) is 21.9. The number of hydrogen-bond donors (Lipinski definition) is 2. The summed E-state index contributed by atoms with van der Waals surface area (Å²) in [6.07, 6.45) is 0. The second-order valence-electron chi connectivity index (χ2n) is 7.72. The van der Waals surface area contributed by atoms with E-state index in [4.69, 9.17) is 9.47 Å². The quantitative estimate of drug-likeness (QED) is 0.487. The molecule has 0 atom stereocenters. The Morgan fingerprint density at radius 1 is 0.857 bits per heavy atom. The molecule has 0 aromatic heterocycles. The highest BCUT2D eigenvalue weighted by atomic mass is 32.2. The molecule has 2 N–H and O–H groups in total. The van der Waals surface area contributed by atoms with Crippen molar-refractivity contribution < 1.29 is 27.5 Å². The number of para-hydroxylation sites is 1. The van der Waals surface area contributed by atoms with E-state index in [0.29, 0.717) is 19.0 Å². The van der Waals surface area contributed by atoms with Crippen LogP contribution in [0.4, 0.5) is 0 Å². The molecule has 0 aliphatic carbocycles. The minimum Gasteiger partial charge on any atom is -0.488 e. The molecule has 0 spiro atoms. The number of hydrogen-bond acceptors (Lipinski definition) is 6. The van der Waals surface area contributed by atoms with Crippen molar-refractivity contribution in [3.63, 3.8) is 0 Å². The van der Waals surface area contributed by atoms with Gasteiger partial charge < -0.3 is 9.47 Å². The van der Waals surface area contributed by atoms with Crippen LogP contribution >= 0.6 is 0 Å². The number of carbonyl (C=O) groups excluding carboxylic acids is 2. The van der Waals surface area contributed by atoms with Crippen LogP contribution in [-0.2, 0) is 21.4 Å². The van der Waals surface area contributed by atoms with Gasteiger partial charge >= 0.3 is 0 Å². The van der Waals surface area contributed by atoms with Gasteiger partial charge in [0.1, 0.15) is 12.4 Å². The summed E-state index contributed by atoms with van der Waals surface area (Å²) in [7, 11) is -3.76. The van der Waals surface area contributed by atoms with E-state index in [1.54, 1.807) is 24.3 Å². The van der Waals surface area contributed by atoms with Crippen molar-refractivity contribution in [2.75, 3.05) is 26.3 Å². The number of rotatable bonds is 7. The van der Waals surface area contributed by atoms with Crippen LogP contribution in [0, 0.1) is 0 Å². The molecule has 0 radical (unpaired) electrons. The molecule has 0 unspecified atom stereocenters. The minimum atomic E-state index is -3.76. The monoisotopic (exact) mass is 495 g/mol. The Balaban J connectivity index is 1.40. The Morgan fingerprint density at radius 2 is 1.54 bits per heavy atom. The third-order valence-corrected chi connectivity index (χ3v) is 7.26. The van der Waals surface area contributed by atoms with Crippen LogP contribution in [0.25, 0.3) is 0 Å². The van der Waals surface area contributed by atoms with Gasteiger partial charge in [-0.15, -0.1) is 0 Å². The van der Waals surface area contributed by atoms with E-state index < -0.39 is 21.8 Å². The highest BCUT2D eigenvalue weighted by molar-refractivity contribution is 7.89. The molecule has 0 saturated carbocycles. The first kappa shape index (κ1) is 24.4. The van der Waals surface area contributed by atoms with E-state index >= 15 is 0 Å². The van der Waals surface area contributed by atoms with Crippen LogP contribution in [0.3, 0.4) is 0 Å². The Morgan fingerprint density at radius 3 is 2.31 bits per heavy atom. The molecule has 2 amide bonds. The second-order valence-corrected chi connectivity index (χ2v) is 9.66. The second kappa shape index (κ2) is 11.1. The molecule has 182 valence electrons. The van der Waals surface area contributed by atoms with Crippen LogP contribution in [0.5, 0.6) is 5.75 Å². The molecule has 4 rings (SSSR count). The summed E-state index contributed by atoms with van der Waals surface area (Å²) in [4.78, 5) is 25.4. The molecule has 10 heteroatoms. The zero-order valence-corrected chi connectivity index (χ0v) is 19.7. The molecular weight excluding hydrogens is 470 g/mol. The first-order valence-electron chi connectivity index (χ1n) is 11.0. The van der Waals surface area contributed by atoms with Gasteiger partial charge in [-0.1, -0.05) is 48.5 Å². The standard InChI is InChI=1S/C25H25N3O6S/c29-24(20-9-6-10-21(17-20)35(31,32)28-13-15-33-16-14-28)26-27-25(30)22-11-4-5-12-23(22)34-18-19-7-2-1-3-8-19/h1-12,17H,13-16,18H2,(H,26,29)(H,27,30). The van der Waals surface area contributed by atoms with Gasteiger partial charge in [0.25, 0.3) is 11.8 Å². The number of hydrazine groups is 1. The number of ether oxygens (including phenoxy) is 2. The average molecular weight is 496 g/mol.